The van der Waals surface area contributed by atoms with Crippen LogP contribution in [0.25, 0.3) is 10.9 Å². The number of nitrogens with zero attached hydrogens (tertiary/aromatic N) is 1. The Hall–Kier alpha value is -1.02. The molecule has 1 nitrogen and oxygen atoms in total. The monoisotopic (exact) mass is 313 g/mol. The van der Waals surface area contributed by atoms with Gasteiger partial charge in [0, 0.05) is 21.7 Å². The van der Waals surface area contributed by atoms with Gasteiger partial charge >= 0.3 is 0 Å². The summed E-state index contributed by atoms with van der Waals surface area (Å²) in [6, 6.07) is 10.7. The van der Waals surface area contributed by atoms with Gasteiger partial charge in [-0.2, -0.15) is 0 Å². The van der Waals surface area contributed by atoms with Crippen LogP contribution in [0.4, 0.5) is 0 Å². The average molecular weight is 314 g/mol. The van der Waals surface area contributed by atoms with Crippen LogP contribution in [-0.2, 0) is 0 Å². The van der Waals surface area contributed by atoms with Crippen LogP contribution in [0.3, 0.4) is 0 Å². The minimum Gasteiger partial charge on any atom is -0.256 e. The third-order valence-electron chi connectivity index (χ3n) is 5.05. The molecule has 0 radical (unpaired) electrons. The van der Waals surface area contributed by atoms with Crippen molar-refractivity contribution >= 4 is 22.7 Å². The molecule has 2 aromatic rings. The van der Waals surface area contributed by atoms with Crippen molar-refractivity contribution in [1.82, 2.24) is 4.98 Å². The molecule has 118 valence electrons. The maximum atomic E-state index is 4.48. The first-order valence-corrected chi connectivity index (χ1v) is 9.62. The molecule has 1 aromatic carbocycles. The van der Waals surface area contributed by atoms with E-state index in [1.165, 1.54) is 48.8 Å². The maximum Gasteiger partial charge on any atom is 0.0713 e. The second-order valence-corrected chi connectivity index (χ2v) is 8.27. The zero-order chi connectivity index (χ0) is 15.4. The topological polar surface area (TPSA) is 12.9 Å². The summed E-state index contributed by atoms with van der Waals surface area (Å²) in [5, 5.41) is 2.09. The number of hydrogen-bond donors (Lipinski definition) is 0. The normalized spacial score (nSPS) is 23.4. The fraction of sp³-hybridized carbons (Fsp3) is 0.550. The number of pyridine rings is 1. The van der Waals surface area contributed by atoms with Crippen LogP contribution in [0.2, 0.25) is 0 Å². The highest BCUT2D eigenvalue weighted by atomic mass is 32.2. The summed E-state index contributed by atoms with van der Waals surface area (Å²) in [5.74, 6) is 1.81. The van der Waals surface area contributed by atoms with E-state index in [-0.39, 0.29) is 0 Å². The Morgan fingerprint density at radius 2 is 1.73 bits per heavy atom. The summed E-state index contributed by atoms with van der Waals surface area (Å²) in [6.45, 7) is 4.78. The number of aromatic nitrogens is 1. The van der Waals surface area contributed by atoms with Gasteiger partial charge in [-0.1, -0.05) is 57.7 Å². The van der Waals surface area contributed by atoms with Gasteiger partial charge in [-0.3, -0.25) is 4.98 Å². The molecule has 1 fully saturated rings. The van der Waals surface area contributed by atoms with Crippen LogP contribution in [0.5, 0.6) is 0 Å². The number of para-hydroxylation sites is 1. The van der Waals surface area contributed by atoms with Gasteiger partial charge in [0.15, 0.2) is 0 Å². The van der Waals surface area contributed by atoms with Gasteiger partial charge in [0.25, 0.3) is 0 Å². The summed E-state index contributed by atoms with van der Waals surface area (Å²) in [7, 11) is 0. The van der Waals surface area contributed by atoms with E-state index in [0.29, 0.717) is 0 Å². The van der Waals surface area contributed by atoms with Crippen molar-refractivity contribution in [2.45, 2.75) is 62.5 Å². The van der Waals surface area contributed by atoms with Crippen molar-refractivity contribution in [3.8, 4) is 0 Å². The Balaban J connectivity index is 1.68. The molecule has 3 rings (SSSR count). The first-order chi connectivity index (χ1) is 10.7. The molecule has 0 aliphatic heterocycles. The zero-order valence-electron chi connectivity index (χ0n) is 13.8. The molecule has 2 heteroatoms. The van der Waals surface area contributed by atoms with E-state index in [1.807, 2.05) is 6.20 Å². The Morgan fingerprint density at radius 3 is 2.45 bits per heavy atom. The van der Waals surface area contributed by atoms with Crippen LogP contribution >= 0.6 is 11.8 Å². The van der Waals surface area contributed by atoms with E-state index in [9.17, 15) is 0 Å². The van der Waals surface area contributed by atoms with Crippen LogP contribution in [0.1, 0.15) is 52.4 Å². The van der Waals surface area contributed by atoms with Gasteiger partial charge in [0.1, 0.15) is 0 Å². The molecule has 1 aliphatic rings. The summed E-state index contributed by atoms with van der Waals surface area (Å²) in [4.78, 5) is 5.90. The molecule has 1 aromatic heterocycles. The molecule has 0 bridgehead atoms. The fourth-order valence-electron chi connectivity index (χ4n) is 3.64. The van der Waals surface area contributed by atoms with Gasteiger partial charge in [-0.05, 0) is 36.8 Å². The predicted octanol–water partition coefficient (Wildman–Crippen LogP) is 6.32. The third-order valence-corrected chi connectivity index (χ3v) is 6.46. The standard InChI is InChI=1S/C20H27NS/c1-15(2)16-7-5-9-17(10-6-8-16)22-20-13-14-21-19-12-4-3-11-18(19)20/h3-4,11-17H,5-10H2,1-2H3. The summed E-state index contributed by atoms with van der Waals surface area (Å²) in [6.07, 6.45) is 10.3. The van der Waals surface area contributed by atoms with Gasteiger partial charge in [0.05, 0.1) is 5.52 Å². The first kappa shape index (κ1) is 15.9. The van der Waals surface area contributed by atoms with E-state index in [0.717, 1.165) is 22.6 Å². The largest absolute Gasteiger partial charge is 0.256 e. The smallest absolute Gasteiger partial charge is 0.0713 e. The van der Waals surface area contributed by atoms with Crippen LogP contribution in [0, 0.1) is 11.8 Å². The van der Waals surface area contributed by atoms with E-state index in [1.54, 1.807) is 0 Å². The van der Waals surface area contributed by atoms with E-state index in [2.05, 4.69) is 60.9 Å². The van der Waals surface area contributed by atoms with Crippen molar-refractivity contribution in [1.29, 1.82) is 0 Å². The number of thioether (sulfide) groups is 1. The SMILES string of the molecule is CC(C)C1CCCC(Sc2ccnc3ccccc23)CCC1. The predicted molar refractivity (Wildman–Crippen MR) is 97.4 cm³/mol. The van der Waals surface area contributed by atoms with Crippen molar-refractivity contribution in [3.63, 3.8) is 0 Å². The van der Waals surface area contributed by atoms with E-state index < -0.39 is 0 Å². The minimum atomic E-state index is 0.777. The molecule has 0 unspecified atom stereocenters. The second kappa shape index (κ2) is 7.50. The molecule has 1 heterocycles. The van der Waals surface area contributed by atoms with Gasteiger partial charge in [-0.25, -0.2) is 0 Å². The molecular formula is C20H27NS. The number of hydrogen-bond acceptors (Lipinski definition) is 2. The quantitative estimate of drug-likeness (QED) is 0.657. The minimum absolute atomic E-state index is 0.777. The molecule has 0 atom stereocenters. The van der Waals surface area contributed by atoms with Crippen LogP contribution < -0.4 is 0 Å². The lowest BCUT2D eigenvalue weighted by molar-refractivity contribution is 0.300. The van der Waals surface area contributed by atoms with Gasteiger partial charge < -0.3 is 0 Å². The van der Waals surface area contributed by atoms with Gasteiger partial charge in [-0.15, -0.1) is 11.8 Å². The Bertz CT molecular complexity index is 592. The number of fused-ring (bicyclic) bond motifs is 1. The van der Waals surface area contributed by atoms with E-state index in [4.69, 9.17) is 0 Å². The summed E-state index contributed by atoms with van der Waals surface area (Å²) < 4.78 is 0. The lowest BCUT2D eigenvalue weighted by atomic mass is 9.84. The number of rotatable bonds is 3. The molecular weight excluding hydrogens is 286 g/mol. The van der Waals surface area contributed by atoms with Crippen molar-refractivity contribution in [3.05, 3.63) is 36.5 Å². The molecule has 0 saturated heterocycles. The lowest BCUT2D eigenvalue weighted by Crippen LogP contribution is -2.14. The van der Waals surface area contributed by atoms with Gasteiger partial charge in [0.2, 0.25) is 0 Å². The molecule has 0 N–H and O–H groups in total. The average Bonchev–Trinajstić information content (AvgIpc) is 2.49. The second-order valence-electron chi connectivity index (χ2n) is 6.93. The highest BCUT2D eigenvalue weighted by molar-refractivity contribution is 8.00. The Kier molecular flexibility index (Phi) is 5.41. The lowest BCUT2D eigenvalue weighted by Gasteiger charge is -2.26. The molecule has 22 heavy (non-hydrogen) atoms. The highest BCUT2D eigenvalue weighted by Crippen LogP contribution is 2.37. The van der Waals surface area contributed by atoms with Crippen molar-refractivity contribution < 1.29 is 0 Å². The fourth-order valence-corrected chi connectivity index (χ4v) is 5.01. The zero-order valence-corrected chi connectivity index (χ0v) is 14.6. The molecule has 1 saturated carbocycles. The third kappa shape index (κ3) is 3.84. The number of benzene rings is 1. The maximum absolute atomic E-state index is 4.48. The summed E-state index contributed by atoms with van der Waals surface area (Å²) >= 11 is 2.09. The first-order valence-electron chi connectivity index (χ1n) is 8.74. The van der Waals surface area contributed by atoms with Crippen molar-refractivity contribution in [2.75, 3.05) is 0 Å². The van der Waals surface area contributed by atoms with Crippen LogP contribution in [-0.4, -0.2) is 10.2 Å². The molecule has 0 amide bonds. The Morgan fingerprint density at radius 1 is 1.00 bits per heavy atom. The van der Waals surface area contributed by atoms with Crippen LogP contribution in [0.15, 0.2) is 41.4 Å². The van der Waals surface area contributed by atoms with Crippen molar-refractivity contribution in [2.24, 2.45) is 11.8 Å². The summed E-state index contributed by atoms with van der Waals surface area (Å²) in [5.41, 5.74) is 1.12. The molecule has 0 spiro atoms. The highest BCUT2D eigenvalue weighted by Gasteiger charge is 2.20. The molecule has 1 aliphatic carbocycles. The Labute approximate surface area is 138 Å². The van der Waals surface area contributed by atoms with E-state index >= 15 is 0 Å².